The van der Waals surface area contributed by atoms with Gasteiger partial charge in [0.1, 0.15) is 12.4 Å². The van der Waals surface area contributed by atoms with Gasteiger partial charge in [-0.2, -0.15) is 0 Å². The van der Waals surface area contributed by atoms with Gasteiger partial charge in [-0.1, -0.05) is 30.3 Å². The SMILES string of the molecule is CN=C(NCc1coc(-c2ccccc2)n1)NCC(C)Oc1ccccc1F. The topological polar surface area (TPSA) is 71.7 Å². The standard InChI is InChI=1S/C21H23FN4O2/c1-15(28-19-11-7-6-10-18(19)22)12-24-21(23-2)25-13-17-14-27-20(26-17)16-8-4-3-5-9-16/h3-11,14-15H,12-13H2,1-2H3,(H2,23,24,25). The van der Waals surface area contributed by atoms with Gasteiger partial charge in [0, 0.05) is 12.6 Å². The number of hydrogen-bond acceptors (Lipinski definition) is 4. The first-order valence-electron chi connectivity index (χ1n) is 9.01. The van der Waals surface area contributed by atoms with Gasteiger partial charge >= 0.3 is 0 Å². The van der Waals surface area contributed by atoms with E-state index in [1.54, 1.807) is 31.5 Å². The molecule has 146 valence electrons. The van der Waals surface area contributed by atoms with Crippen LogP contribution in [0.2, 0.25) is 0 Å². The van der Waals surface area contributed by atoms with Crippen LogP contribution in [0.3, 0.4) is 0 Å². The summed E-state index contributed by atoms with van der Waals surface area (Å²) in [5, 5.41) is 6.32. The molecule has 0 radical (unpaired) electrons. The average Bonchev–Trinajstić information content (AvgIpc) is 3.20. The van der Waals surface area contributed by atoms with Crippen molar-refractivity contribution in [3.63, 3.8) is 0 Å². The van der Waals surface area contributed by atoms with Crippen molar-refractivity contribution in [3.05, 3.63) is 72.4 Å². The minimum atomic E-state index is -0.378. The minimum absolute atomic E-state index is 0.232. The summed E-state index contributed by atoms with van der Waals surface area (Å²) in [5.41, 5.74) is 1.69. The number of benzene rings is 2. The molecule has 3 rings (SSSR count). The van der Waals surface area contributed by atoms with Crippen LogP contribution < -0.4 is 15.4 Å². The summed E-state index contributed by atoms with van der Waals surface area (Å²) in [6.07, 6.45) is 1.37. The van der Waals surface area contributed by atoms with Crippen molar-refractivity contribution in [2.45, 2.75) is 19.6 Å². The van der Waals surface area contributed by atoms with Crippen LogP contribution in [0.15, 0.2) is 70.3 Å². The molecule has 0 aliphatic heterocycles. The zero-order valence-corrected chi connectivity index (χ0v) is 15.9. The molecule has 1 heterocycles. The summed E-state index contributed by atoms with van der Waals surface area (Å²) in [7, 11) is 1.68. The van der Waals surface area contributed by atoms with Crippen LogP contribution in [0, 0.1) is 5.82 Å². The zero-order chi connectivity index (χ0) is 19.8. The highest BCUT2D eigenvalue weighted by molar-refractivity contribution is 5.79. The third kappa shape index (κ3) is 5.33. The lowest BCUT2D eigenvalue weighted by Crippen LogP contribution is -2.41. The molecule has 2 aromatic carbocycles. The molecular weight excluding hydrogens is 359 g/mol. The van der Waals surface area contributed by atoms with E-state index in [9.17, 15) is 4.39 Å². The Morgan fingerprint density at radius 2 is 1.89 bits per heavy atom. The Kier molecular flexibility index (Phi) is 6.62. The van der Waals surface area contributed by atoms with Crippen molar-refractivity contribution in [1.29, 1.82) is 0 Å². The lowest BCUT2D eigenvalue weighted by atomic mass is 10.2. The summed E-state index contributed by atoms with van der Waals surface area (Å²) >= 11 is 0. The fraction of sp³-hybridized carbons (Fsp3) is 0.238. The van der Waals surface area contributed by atoms with E-state index in [2.05, 4.69) is 20.6 Å². The molecule has 0 saturated carbocycles. The van der Waals surface area contributed by atoms with Crippen LogP contribution in [0.25, 0.3) is 11.5 Å². The first kappa shape index (κ1) is 19.4. The summed E-state index contributed by atoms with van der Waals surface area (Å²) in [6.45, 7) is 2.77. The number of oxazole rings is 1. The number of ether oxygens (including phenoxy) is 1. The third-order valence-electron chi connectivity index (χ3n) is 3.95. The number of nitrogens with one attached hydrogen (secondary N) is 2. The largest absolute Gasteiger partial charge is 0.486 e. The van der Waals surface area contributed by atoms with Gasteiger partial charge in [0.2, 0.25) is 5.89 Å². The number of aliphatic imine (C=N–C) groups is 1. The number of aromatic nitrogens is 1. The maximum Gasteiger partial charge on any atom is 0.226 e. The Labute approximate surface area is 163 Å². The number of guanidine groups is 1. The average molecular weight is 382 g/mol. The molecule has 0 fully saturated rings. The summed E-state index contributed by atoms with van der Waals surface area (Å²) in [4.78, 5) is 8.64. The minimum Gasteiger partial charge on any atom is -0.486 e. The number of rotatable bonds is 7. The van der Waals surface area contributed by atoms with Gasteiger partial charge in [-0.3, -0.25) is 4.99 Å². The Balaban J connectivity index is 1.47. The molecule has 0 bridgehead atoms. The first-order chi connectivity index (χ1) is 13.7. The van der Waals surface area contributed by atoms with Crippen LogP contribution in [-0.2, 0) is 6.54 Å². The van der Waals surface area contributed by atoms with Crippen molar-refractivity contribution in [1.82, 2.24) is 15.6 Å². The van der Waals surface area contributed by atoms with Crippen molar-refractivity contribution in [2.75, 3.05) is 13.6 Å². The number of para-hydroxylation sites is 1. The van der Waals surface area contributed by atoms with Crippen LogP contribution in [-0.4, -0.2) is 30.6 Å². The van der Waals surface area contributed by atoms with Gasteiger partial charge < -0.3 is 19.8 Å². The summed E-state index contributed by atoms with van der Waals surface area (Å²) in [6, 6.07) is 16.1. The van der Waals surface area contributed by atoms with Gasteiger partial charge in [0.25, 0.3) is 0 Å². The highest BCUT2D eigenvalue weighted by Crippen LogP contribution is 2.18. The molecule has 0 amide bonds. The van der Waals surface area contributed by atoms with Crippen molar-refractivity contribution >= 4 is 5.96 Å². The third-order valence-corrected chi connectivity index (χ3v) is 3.95. The molecule has 0 aliphatic carbocycles. The molecule has 7 heteroatoms. The van der Waals surface area contributed by atoms with E-state index in [0.29, 0.717) is 24.9 Å². The van der Waals surface area contributed by atoms with E-state index in [0.717, 1.165) is 11.3 Å². The molecule has 1 aromatic heterocycles. The van der Waals surface area contributed by atoms with E-state index in [1.807, 2.05) is 37.3 Å². The maximum atomic E-state index is 13.7. The fourth-order valence-electron chi connectivity index (χ4n) is 2.54. The first-order valence-corrected chi connectivity index (χ1v) is 9.01. The molecule has 0 saturated heterocycles. The predicted molar refractivity (Wildman–Crippen MR) is 107 cm³/mol. The smallest absolute Gasteiger partial charge is 0.226 e. The highest BCUT2D eigenvalue weighted by atomic mass is 19.1. The van der Waals surface area contributed by atoms with Crippen molar-refractivity contribution in [3.8, 4) is 17.2 Å². The zero-order valence-electron chi connectivity index (χ0n) is 15.9. The maximum absolute atomic E-state index is 13.7. The predicted octanol–water partition coefficient (Wildman–Crippen LogP) is 3.61. The molecule has 2 N–H and O–H groups in total. The quantitative estimate of drug-likeness (QED) is 0.482. The lowest BCUT2D eigenvalue weighted by Gasteiger charge is -2.17. The van der Waals surface area contributed by atoms with Gasteiger partial charge in [0.15, 0.2) is 17.5 Å². The second-order valence-corrected chi connectivity index (χ2v) is 6.18. The molecule has 1 atom stereocenters. The number of nitrogens with zero attached hydrogens (tertiary/aromatic N) is 2. The summed E-state index contributed by atoms with van der Waals surface area (Å²) in [5.74, 6) is 1.02. The Morgan fingerprint density at radius 1 is 1.14 bits per heavy atom. The van der Waals surface area contributed by atoms with Crippen molar-refractivity contribution < 1.29 is 13.5 Å². The van der Waals surface area contributed by atoms with Gasteiger partial charge in [-0.05, 0) is 31.2 Å². The van der Waals surface area contributed by atoms with E-state index in [1.165, 1.54) is 6.07 Å². The Hall–Kier alpha value is -3.35. The summed E-state index contributed by atoms with van der Waals surface area (Å²) < 4.78 is 24.8. The molecule has 3 aromatic rings. The van der Waals surface area contributed by atoms with Crippen LogP contribution in [0.4, 0.5) is 4.39 Å². The number of hydrogen-bond donors (Lipinski definition) is 2. The van der Waals surface area contributed by atoms with E-state index in [-0.39, 0.29) is 17.7 Å². The van der Waals surface area contributed by atoms with Crippen LogP contribution in [0.5, 0.6) is 5.75 Å². The normalized spacial score (nSPS) is 12.5. The highest BCUT2D eigenvalue weighted by Gasteiger charge is 2.10. The molecular formula is C21H23FN4O2. The lowest BCUT2D eigenvalue weighted by molar-refractivity contribution is 0.214. The van der Waals surface area contributed by atoms with Gasteiger partial charge in [-0.15, -0.1) is 0 Å². The van der Waals surface area contributed by atoms with Crippen LogP contribution in [0.1, 0.15) is 12.6 Å². The molecule has 6 nitrogen and oxygen atoms in total. The van der Waals surface area contributed by atoms with E-state index >= 15 is 0 Å². The van der Waals surface area contributed by atoms with E-state index < -0.39 is 0 Å². The molecule has 1 unspecified atom stereocenters. The fourth-order valence-corrected chi connectivity index (χ4v) is 2.54. The molecule has 28 heavy (non-hydrogen) atoms. The molecule has 0 spiro atoms. The van der Waals surface area contributed by atoms with Gasteiger partial charge in [0.05, 0.1) is 18.8 Å². The Bertz CT molecular complexity index is 912. The van der Waals surface area contributed by atoms with E-state index in [4.69, 9.17) is 9.15 Å². The second-order valence-electron chi connectivity index (χ2n) is 6.18. The van der Waals surface area contributed by atoms with Gasteiger partial charge in [-0.25, -0.2) is 9.37 Å². The van der Waals surface area contributed by atoms with Crippen molar-refractivity contribution in [2.24, 2.45) is 4.99 Å². The Morgan fingerprint density at radius 3 is 2.64 bits per heavy atom. The van der Waals surface area contributed by atoms with Crippen LogP contribution >= 0.6 is 0 Å². The second kappa shape index (κ2) is 9.55. The molecule has 0 aliphatic rings. The monoisotopic (exact) mass is 382 g/mol. The number of halogens is 1.